The number of carbonyl (C=O) groups is 4. The first-order valence-electron chi connectivity index (χ1n) is 31.5. The smallest absolute Gasteiger partial charge is 0.269 e. The van der Waals surface area contributed by atoms with E-state index in [1.54, 1.807) is 62.3 Å². The molecule has 12 N–H and O–H groups in total. The quantitative estimate of drug-likeness (QED) is 0.0629. The summed E-state index contributed by atoms with van der Waals surface area (Å²) < 4.78 is 100. The molecule has 0 radical (unpaired) electrons. The van der Waals surface area contributed by atoms with E-state index in [0.717, 1.165) is 34.6 Å². The lowest BCUT2D eigenvalue weighted by atomic mass is 10.1. The molecule has 30 nitrogen and oxygen atoms in total. The zero-order chi connectivity index (χ0) is 79.7. The molecule has 0 unspecified atom stereocenters. The number of sulfonamides is 4. The average Bonchev–Trinajstić information content (AvgIpc) is 1.55. The number of hydrogen-bond acceptors (Lipinski definition) is 24. The van der Waals surface area contributed by atoms with Gasteiger partial charge in [-0.15, -0.1) is 0 Å². The molecule has 6 aromatic rings. The summed E-state index contributed by atoms with van der Waals surface area (Å²) in [5.74, 6) is -6.19. The first-order valence-corrected chi connectivity index (χ1v) is 38.0. The minimum atomic E-state index is -4.28. The summed E-state index contributed by atoms with van der Waals surface area (Å²) in [6.45, 7) is 33.1. The van der Waals surface area contributed by atoms with Gasteiger partial charge in [-0.1, -0.05) is 26.9 Å². The lowest BCUT2D eigenvalue weighted by Gasteiger charge is -2.31. The largest absolute Gasteiger partial charge is 0.504 e. The highest BCUT2D eigenvalue weighted by molar-refractivity contribution is 8.06. The molecule has 6 heterocycles. The van der Waals surface area contributed by atoms with E-state index in [1.165, 1.54) is 49.3 Å². The number of hydrogen-bond donors (Lipinski definition) is 12. The Labute approximate surface area is 612 Å². The van der Waals surface area contributed by atoms with Crippen molar-refractivity contribution >= 4 is 86.9 Å². The third-order valence-corrected chi connectivity index (χ3v) is 26.8. The molecule has 568 valence electrons. The van der Waals surface area contributed by atoms with Crippen LogP contribution in [-0.4, -0.2) is 179 Å². The second kappa shape index (κ2) is 27.2. The van der Waals surface area contributed by atoms with Crippen LogP contribution < -0.4 is 0 Å². The Morgan fingerprint density at radius 1 is 0.317 bits per heavy atom. The van der Waals surface area contributed by atoms with Crippen LogP contribution in [0.25, 0.3) is 0 Å². The van der Waals surface area contributed by atoms with Gasteiger partial charge in [0.15, 0.2) is 69.0 Å². The van der Waals surface area contributed by atoms with Crippen LogP contribution in [0.2, 0.25) is 10.0 Å². The molecule has 6 aliphatic heterocycles. The third kappa shape index (κ3) is 15.2. The van der Waals surface area contributed by atoms with Gasteiger partial charge in [0.25, 0.3) is 53.7 Å². The van der Waals surface area contributed by atoms with Crippen LogP contribution in [0.1, 0.15) is 188 Å². The van der Waals surface area contributed by atoms with Gasteiger partial charge in [-0.05, 0) is 172 Å². The molecule has 0 bridgehead atoms. The van der Waals surface area contributed by atoms with Gasteiger partial charge in [0, 0.05) is 93.8 Å². The number of nitrogens with zero attached hydrogens (tertiary/aromatic N) is 6. The van der Waals surface area contributed by atoms with Gasteiger partial charge in [0.1, 0.15) is 14.7 Å². The Kier molecular flexibility index (Phi) is 21.6. The molecule has 12 rings (SSSR count). The van der Waals surface area contributed by atoms with Gasteiger partial charge >= 0.3 is 0 Å². The van der Waals surface area contributed by atoms with Crippen LogP contribution >= 0.6 is 23.2 Å². The van der Waals surface area contributed by atoms with Crippen LogP contribution in [0, 0.1) is 0 Å². The fourth-order valence-electron chi connectivity index (χ4n) is 11.6. The van der Waals surface area contributed by atoms with Crippen LogP contribution in [0.4, 0.5) is 0 Å². The van der Waals surface area contributed by atoms with Gasteiger partial charge < -0.3 is 76.0 Å². The van der Waals surface area contributed by atoms with Gasteiger partial charge in [-0.2, -0.15) is 4.31 Å². The van der Waals surface area contributed by atoms with E-state index in [-0.39, 0.29) is 106 Å². The van der Waals surface area contributed by atoms with Gasteiger partial charge in [0.2, 0.25) is 10.0 Å². The predicted octanol–water partition coefficient (Wildman–Crippen LogP) is 9.89. The maximum Gasteiger partial charge on any atom is 0.269 e. The topological polar surface area (TPSA) is 467 Å². The Morgan fingerprint density at radius 2 is 0.702 bits per heavy atom. The minimum absolute atomic E-state index is 0.0556. The van der Waals surface area contributed by atoms with E-state index in [2.05, 4.69) is 0 Å². The van der Waals surface area contributed by atoms with Crippen LogP contribution in [0.15, 0.2) is 80.2 Å². The molecule has 0 spiro atoms. The Hall–Kier alpha value is -8.90. The molecule has 6 aliphatic rings. The van der Waals surface area contributed by atoms with Crippen molar-refractivity contribution in [1.82, 2.24) is 27.0 Å². The summed E-state index contributed by atoms with van der Waals surface area (Å²) in [6.07, 6.45) is 0. The zero-order valence-electron chi connectivity index (χ0n) is 59.9. The monoisotopic (exact) mass is 1570 g/mol. The number of benzene rings is 6. The number of phenolic OH excluding ortho intramolecular Hbond substituents is 12. The van der Waals surface area contributed by atoms with Crippen molar-refractivity contribution in [3.8, 4) is 69.0 Å². The molecule has 0 aromatic heterocycles. The van der Waals surface area contributed by atoms with Crippen molar-refractivity contribution in [3.05, 3.63) is 115 Å². The number of fused-ring (bicyclic) bond motifs is 6. The molecular weight excluding hydrogens is 1480 g/mol. The van der Waals surface area contributed by atoms with Crippen LogP contribution in [0.3, 0.4) is 0 Å². The van der Waals surface area contributed by atoms with Crippen molar-refractivity contribution < 1.29 is 114 Å². The second-order valence-corrected chi connectivity index (χ2v) is 38.8. The van der Waals surface area contributed by atoms with E-state index in [0.29, 0.717) is 56.7 Å². The Morgan fingerprint density at radius 3 is 1.15 bits per heavy atom. The second-order valence-electron chi connectivity index (χ2n) is 30.7. The molecule has 6 aromatic carbocycles. The average molecular weight is 1570 g/mol. The van der Waals surface area contributed by atoms with Crippen LogP contribution in [0.5, 0.6) is 69.0 Å². The van der Waals surface area contributed by atoms with Crippen LogP contribution in [-0.2, 0) is 66.3 Å². The van der Waals surface area contributed by atoms with E-state index < -0.39 is 107 Å². The van der Waals surface area contributed by atoms with Crippen molar-refractivity contribution in [1.29, 1.82) is 0 Å². The summed E-state index contributed by atoms with van der Waals surface area (Å²) in [4.78, 5) is 52.1. The third-order valence-electron chi connectivity index (χ3n) is 16.7. The fourth-order valence-corrected chi connectivity index (χ4v) is 21.1. The SMILES string of the molecule is CC(C)(C)N1C(=O)c2cc(O)c(O)cc2S1(=O)=O.CC(C)(C)N1Cc2c(cc(O)c(O)c2Cl)C1=O.CC(C)(C)N1Cc2c(ccc(O)c2O)C1=O.CC(C)(C)N1Cc2cc(O)c(O)c(Cl)c2C1=O.CC(C)(C)N1Cc2cc(O)c(O)cc2S1(=O)=O.CC(C)(C)N1S(=O)(=O)c2cc(O)c(O)cc2S1(=O)=O. The van der Waals surface area contributed by atoms with Gasteiger partial charge in [-0.25, -0.2) is 38.0 Å². The lowest BCUT2D eigenvalue weighted by Crippen LogP contribution is -2.45. The summed E-state index contributed by atoms with van der Waals surface area (Å²) in [5.41, 5.74) is -0.358. The Balaban J connectivity index is 0.000000175. The first-order chi connectivity index (χ1) is 46.9. The number of carbonyl (C=O) groups excluding carboxylic acids is 4. The summed E-state index contributed by atoms with van der Waals surface area (Å²) in [6, 6.07) is 11.3. The lowest BCUT2D eigenvalue weighted by molar-refractivity contribution is 0.0600. The van der Waals surface area contributed by atoms with E-state index in [4.69, 9.17) is 23.2 Å². The highest BCUT2D eigenvalue weighted by Crippen LogP contribution is 2.49. The summed E-state index contributed by atoms with van der Waals surface area (Å²) in [5, 5.41) is 113. The highest BCUT2D eigenvalue weighted by atomic mass is 35.5. The standard InChI is InChI=1S/2C12H14ClNO3.C12H15NO3.C11H13NO5S.C11H15NO4S.C10H13NO6S2/c1-12(2,3)14-5-7-6(11(14)17)4-8(15)10(16)9(7)13;1-12(2,3)14-5-6-4-7(15)10(16)9(13)8(6)11(14)17;1-12(2,3)13-6-8-7(11(13)16)4-5-9(14)10(8)15;1-11(2,3)12-10(15)6-4-7(13)8(14)5-9(6)18(12,16)17;1-11(2,3)12-6-7-4-8(13)9(14)5-10(7)17(12,15)16;1-10(2,3)11-18(14,15)8-4-6(12)7(13)5-9(8)19(11,16)17/h2*4,15-16H,5H2,1-3H3;4-5,14-15H,6H2,1-3H3;4-5,13-14H,1-3H3;4-5,13-14H,6H2,1-3H3;4-5,12-13H,1-3H3. The first kappa shape index (κ1) is 82.4. The van der Waals surface area contributed by atoms with Crippen molar-refractivity contribution in [2.45, 2.75) is 204 Å². The maximum absolute atomic E-state index is 12.3. The fraction of sp³-hybridized carbons (Fsp3) is 0.412. The molecule has 104 heavy (non-hydrogen) atoms. The number of halogens is 2. The molecule has 0 atom stereocenters. The number of rotatable bonds is 0. The molecule has 0 aliphatic carbocycles. The van der Waals surface area contributed by atoms with Gasteiger partial charge in [-0.3, -0.25) is 19.2 Å². The number of phenols is 12. The molecule has 4 amide bonds. The number of amides is 4. The van der Waals surface area contributed by atoms with Crippen molar-refractivity contribution in [2.75, 3.05) is 0 Å². The highest BCUT2D eigenvalue weighted by Gasteiger charge is 2.54. The van der Waals surface area contributed by atoms with E-state index in [1.807, 2.05) is 62.3 Å². The molecule has 0 saturated carbocycles. The minimum Gasteiger partial charge on any atom is -0.504 e. The Bertz CT molecular complexity index is 5000. The molecular formula is C68H84Cl2N6O24S4. The normalized spacial score (nSPS) is 17.5. The van der Waals surface area contributed by atoms with E-state index >= 15 is 0 Å². The van der Waals surface area contributed by atoms with Gasteiger partial charge in [0.05, 0.1) is 38.2 Å². The molecule has 0 fully saturated rings. The zero-order valence-corrected chi connectivity index (χ0v) is 64.7. The molecule has 36 heteroatoms. The van der Waals surface area contributed by atoms with Crippen molar-refractivity contribution in [3.63, 3.8) is 0 Å². The summed E-state index contributed by atoms with van der Waals surface area (Å²) >= 11 is 11.8. The van der Waals surface area contributed by atoms with Crippen molar-refractivity contribution in [2.24, 2.45) is 0 Å². The number of aromatic hydroxyl groups is 12. The predicted molar refractivity (Wildman–Crippen MR) is 379 cm³/mol. The van der Waals surface area contributed by atoms with E-state index in [9.17, 15) is 114 Å². The molecule has 0 saturated heterocycles. The maximum atomic E-state index is 12.3. The summed E-state index contributed by atoms with van der Waals surface area (Å²) in [7, 11) is -16.1.